The number of aromatic nitrogens is 3. The van der Waals surface area contributed by atoms with E-state index in [9.17, 15) is 9.18 Å². The minimum atomic E-state index is -0.642. The molecule has 3 aromatic rings. The van der Waals surface area contributed by atoms with E-state index in [0.29, 0.717) is 30.2 Å². The molecule has 0 aliphatic carbocycles. The summed E-state index contributed by atoms with van der Waals surface area (Å²) in [4.78, 5) is 19.6. The molecule has 0 saturated carbocycles. The zero-order chi connectivity index (χ0) is 24.8. The van der Waals surface area contributed by atoms with Crippen molar-refractivity contribution in [3.8, 4) is 28.5 Å². The molecular formula is C27H34FN5O2. The second-order valence-electron chi connectivity index (χ2n) is 9.33. The molecule has 0 atom stereocenters. The van der Waals surface area contributed by atoms with Crippen molar-refractivity contribution in [2.45, 2.75) is 51.9 Å². The van der Waals surface area contributed by atoms with Crippen molar-refractivity contribution in [3.63, 3.8) is 0 Å². The Labute approximate surface area is 206 Å². The third-order valence-corrected chi connectivity index (χ3v) is 6.19. The van der Waals surface area contributed by atoms with Gasteiger partial charge < -0.3 is 15.0 Å². The fourth-order valence-electron chi connectivity index (χ4n) is 4.29. The Morgan fingerprint density at radius 3 is 2.57 bits per heavy atom. The van der Waals surface area contributed by atoms with E-state index >= 15 is 0 Å². The van der Waals surface area contributed by atoms with Crippen molar-refractivity contribution in [3.05, 3.63) is 54.1 Å². The molecule has 1 aliphatic rings. The number of benzene rings is 2. The minimum Gasteiger partial charge on any atom is -0.497 e. The van der Waals surface area contributed by atoms with Gasteiger partial charge in [-0.1, -0.05) is 36.4 Å². The van der Waals surface area contributed by atoms with E-state index in [1.807, 2.05) is 50.2 Å². The number of ether oxygens (including phenoxy) is 1. The number of hydrogen-bond donors (Lipinski definition) is 1. The van der Waals surface area contributed by atoms with Gasteiger partial charge in [0.1, 0.15) is 18.5 Å². The van der Waals surface area contributed by atoms with Gasteiger partial charge in [0.05, 0.1) is 7.11 Å². The summed E-state index contributed by atoms with van der Waals surface area (Å²) >= 11 is 0. The highest BCUT2D eigenvalue weighted by molar-refractivity contribution is 5.77. The summed E-state index contributed by atoms with van der Waals surface area (Å²) < 4.78 is 20.4. The van der Waals surface area contributed by atoms with Crippen LogP contribution in [0.3, 0.4) is 0 Å². The smallest absolute Gasteiger partial charge is 0.242 e. The molecule has 8 heteroatoms. The lowest BCUT2D eigenvalue weighted by molar-refractivity contribution is -0.122. The van der Waals surface area contributed by atoms with Gasteiger partial charge >= 0.3 is 0 Å². The molecular weight excluding hydrogens is 445 g/mol. The van der Waals surface area contributed by atoms with Gasteiger partial charge in [-0.25, -0.2) is 14.1 Å². The monoisotopic (exact) mass is 479 g/mol. The fourth-order valence-corrected chi connectivity index (χ4v) is 4.29. The normalized spacial score (nSPS) is 14.9. The van der Waals surface area contributed by atoms with Crippen LogP contribution in [-0.2, 0) is 17.8 Å². The molecule has 1 N–H and O–H groups in total. The van der Waals surface area contributed by atoms with Crippen molar-refractivity contribution in [2.75, 3.05) is 26.7 Å². The van der Waals surface area contributed by atoms with Crippen LogP contribution in [0.1, 0.15) is 32.3 Å². The number of halogens is 1. The van der Waals surface area contributed by atoms with Crippen LogP contribution in [-0.4, -0.2) is 64.5 Å². The Morgan fingerprint density at radius 2 is 1.89 bits per heavy atom. The van der Waals surface area contributed by atoms with Gasteiger partial charge in [0.2, 0.25) is 5.91 Å². The Hall–Kier alpha value is -3.26. The second-order valence-corrected chi connectivity index (χ2v) is 9.33. The predicted molar refractivity (Wildman–Crippen MR) is 135 cm³/mol. The number of nitrogens with zero attached hydrogens (tertiary/aromatic N) is 4. The molecule has 186 valence electrons. The molecule has 0 spiro atoms. The number of methoxy groups -OCH3 is 1. The van der Waals surface area contributed by atoms with E-state index in [2.05, 4.69) is 27.4 Å². The van der Waals surface area contributed by atoms with Crippen LogP contribution < -0.4 is 10.1 Å². The molecule has 0 radical (unpaired) electrons. The van der Waals surface area contributed by atoms with E-state index in [-0.39, 0.29) is 18.5 Å². The quantitative estimate of drug-likeness (QED) is 0.500. The van der Waals surface area contributed by atoms with Crippen molar-refractivity contribution < 1.29 is 13.9 Å². The minimum absolute atomic E-state index is 0.0432. The van der Waals surface area contributed by atoms with Gasteiger partial charge in [-0.2, -0.15) is 0 Å². The first-order valence-electron chi connectivity index (χ1n) is 12.3. The molecule has 0 bridgehead atoms. The van der Waals surface area contributed by atoms with Gasteiger partial charge in [-0.15, -0.1) is 5.10 Å². The van der Waals surface area contributed by atoms with E-state index in [0.717, 1.165) is 37.2 Å². The van der Waals surface area contributed by atoms with Gasteiger partial charge in [0.15, 0.2) is 11.6 Å². The van der Waals surface area contributed by atoms with Crippen molar-refractivity contribution >= 4 is 5.91 Å². The van der Waals surface area contributed by atoms with E-state index in [4.69, 9.17) is 9.72 Å². The van der Waals surface area contributed by atoms with Crippen molar-refractivity contribution in [2.24, 2.45) is 0 Å². The molecule has 1 saturated heterocycles. The summed E-state index contributed by atoms with van der Waals surface area (Å²) in [5, 5.41) is 7.59. The third-order valence-electron chi connectivity index (χ3n) is 6.19. The number of carbonyl (C=O) groups excluding carboxylic acids is 1. The van der Waals surface area contributed by atoms with Crippen LogP contribution >= 0.6 is 0 Å². The zero-order valence-electron chi connectivity index (χ0n) is 20.7. The van der Waals surface area contributed by atoms with Crippen LogP contribution in [0.5, 0.6) is 5.75 Å². The van der Waals surface area contributed by atoms with Crippen LogP contribution in [0.2, 0.25) is 0 Å². The molecule has 2 heterocycles. The second kappa shape index (κ2) is 11.4. The van der Waals surface area contributed by atoms with Crippen molar-refractivity contribution in [1.29, 1.82) is 0 Å². The summed E-state index contributed by atoms with van der Waals surface area (Å²) in [6.45, 7) is 6.53. The number of nitrogens with one attached hydrogen (secondary N) is 1. The first-order chi connectivity index (χ1) is 16.9. The molecule has 0 unspecified atom stereocenters. The maximum absolute atomic E-state index is 13.4. The Balaban J connectivity index is 1.52. The highest BCUT2D eigenvalue weighted by Crippen LogP contribution is 2.26. The van der Waals surface area contributed by atoms with Crippen LogP contribution in [0.4, 0.5) is 4.39 Å². The fraction of sp³-hybridized carbons (Fsp3) is 0.444. The number of hydrogen-bond acceptors (Lipinski definition) is 5. The summed E-state index contributed by atoms with van der Waals surface area (Å²) in [7, 11) is 1.62. The predicted octanol–water partition coefficient (Wildman–Crippen LogP) is 4.12. The number of likely N-dealkylation sites (tertiary alicyclic amines) is 1. The first kappa shape index (κ1) is 24.9. The average Bonchev–Trinajstić information content (AvgIpc) is 3.27. The average molecular weight is 480 g/mol. The van der Waals surface area contributed by atoms with Crippen LogP contribution in [0.25, 0.3) is 22.8 Å². The number of carbonyl (C=O) groups is 1. The molecule has 35 heavy (non-hydrogen) atoms. The zero-order valence-corrected chi connectivity index (χ0v) is 20.7. The standard InChI is InChI=1S/C27H34FN5O2/c1-19(2)29-25(34)18-33-27(22-5-4-6-24(17-22)35-3)30-26(31-33)21-9-7-20(8-10-21)11-14-32-15-12-23(28)13-16-32/h4-10,17,19,23H,11-16,18H2,1-3H3,(H,29,34). The lowest BCUT2D eigenvalue weighted by Gasteiger charge is -2.28. The Kier molecular flexibility index (Phi) is 8.13. The maximum atomic E-state index is 13.4. The molecule has 1 aromatic heterocycles. The lowest BCUT2D eigenvalue weighted by atomic mass is 10.1. The molecule has 2 aromatic carbocycles. The number of amides is 1. The van der Waals surface area contributed by atoms with Crippen LogP contribution in [0.15, 0.2) is 48.5 Å². The highest BCUT2D eigenvalue weighted by atomic mass is 19.1. The highest BCUT2D eigenvalue weighted by Gasteiger charge is 2.19. The van der Waals surface area contributed by atoms with Gasteiger partial charge in [-0.3, -0.25) is 4.79 Å². The first-order valence-corrected chi connectivity index (χ1v) is 12.3. The molecule has 7 nitrogen and oxygen atoms in total. The SMILES string of the molecule is COc1cccc(-c2nc(-c3ccc(CCN4CCC(F)CC4)cc3)nn2CC(=O)NC(C)C)c1. The molecule has 1 aliphatic heterocycles. The van der Waals surface area contributed by atoms with E-state index in [1.165, 1.54) is 5.56 Å². The largest absolute Gasteiger partial charge is 0.497 e. The number of rotatable bonds is 9. The van der Waals surface area contributed by atoms with Crippen molar-refractivity contribution in [1.82, 2.24) is 25.0 Å². The topological polar surface area (TPSA) is 72.3 Å². The number of alkyl halides is 1. The van der Waals surface area contributed by atoms with Gasteiger partial charge in [-0.05, 0) is 50.8 Å². The van der Waals surface area contributed by atoms with Gasteiger partial charge in [0.25, 0.3) is 0 Å². The maximum Gasteiger partial charge on any atom is 0.242 e. The molecule has 4 rings (SSSR count). The summed E-state index contributed by atoms with van der Waals surface area (Å²) in [6, 6.07) is 15.9. The third kappa shape index (κ3) is 6.66. The Morgan fingerprint density at radius 1 is 1.14 bits per heavy atom. The molecule has 1 amide bonds. The van der Waals surface area contributed by atoms with E-state index in [1.54, 1.807) is 11.8 Å². The summed E-state index contributed by atoms with van der Waals surface area (Å²) in [5.74, 6) is 1.77. The lowest BCUT2D eigenvalue weighted by Crippen LogP contribution is -2.35. The molecule has 1 fully saturated rings. The summed E-state index contributed by atoms with van der Waals surface area (Å²) in [6.07, 6.45) is 1.55. The Bertz CT molecular complexity index is 1120. The van der Waals surface area contributed by atoms with E-state index < -0.39 is 6.17 Å². The number of piperidine rings is 1. The summed E-state index contributed by atoms with van der Waals surface area (Å²) in [5.41, 5.74) is 2.94. The van der Waals surface area contributed by atoms with Crippen LogP contribution in [0, 0.1) is 0 Å². The van der Waals surface area contributed by atoms with Gasteiger partial charge in [0, 0.05) is 36.8 Å².